The van der Waals surface area contributed by atoms with Crippen LogP contribution < -0.4 is 4.90 Å². The van der Waals surface area contributed by atoms with Crippen LogP contribution in [0.2, 0.25) is 0 Å². The third kappa shape index (κ3) is 4.61. The fourth-order valence-corrected chi connectivity index (χ4v) is 13.2. The molecular formula is C56H50N2. The van der Waals surface area contributed by atoms with E-state index in [1.54, 1.807) is 11.1 Å². The summed E-state index contributed by atoms with van der Waals surface area (Å²) in [6.07, 6.45) is 22.2. The number of hydrogen-bond acceptors (Lipinski definition) is 1. The topological polar surface area (TPSA) is 8.17 Å². The molecule has 1 heterocycles. The maximum atomic E-state index is 2.72. The molecule has 6 unspecified atom stereocenters. The summed E-state index contributed by atoms with van der Waals surface area (Å²) in [5, 5.41) is 7.63. The van der Waals surface area contributed by atoms with Gasteiger partial charge in [0.1, 0.15) is 0 Å². The minimum Gasteiger partial charge on any atom is -0.313 e. The molecule has 7 atom stereocenters. The SMILES string of the molecule is CCC1CC=C2CC3C=CC=CC3C3C4=CC=C(N(c5ccc6c7ccccc7n(-c7ccc8ccccc8c7)c6c5)c5cccc6ccccc56)C[C@@]4(C)C1(C)C23. The van der Waals surface area contributed by atoms with Crippen molar-refractivity contribution in [1.29, 1.82) is 0 Å². The fraction of sp³-hybridized carbons (Fsp3) is 0.250. The summed E-state index contributed by atoms with van der Waals surface area (Å²) in [5.41, 5.74) is 11.1. The highest BCUT2D eigenvalue weighted by atomic mass is 15.2. The summed E-state index contributed by atoms with van der Waals surface area (Å²) in [4.78, 5) is 2.64. The van der Waals surface area contributed by atoms with Crippen LogP contribution in [0.5, 0.6) is 0 Å². The number of benzene rings is 6. The summed E-state index contributed by atoms with van der Waals surface area (Å²) in [6, 6.07) is 47.6. The van der Waals surface area contributed by atoms with Gasteiger partial charge in [-0.05, 0) is 113 Å². The number of aromatic nitrogens is 1. The molecule has 6 aromatic carbocycles. The highest BCUT2D eigenvalue weighted by Crippen LogP contribution is 2.75. The van der Waals surface area contributed by atoms with Crippen molar-refractivity contribution in [3.63, 3.8) is 0 Å². The van der Waals surface area contributed by atoms with Crippen molar-refractivity contribution in [1.82, 2.24) is 4.57 Å². The van der Waals surface area contributed by atoms with Crippen LogP contribution in [-0.2, 0) is 0 Å². The number of anilines is 2. The number of hydrogen-bond donors (Lipinski definition) is 0. The summed E-state index contributed by atoms with van der Waals surface area (Å²) < 4.78 is 2.49. The number of para-hydroxylation sites is 1. The second kappa shape index (κ2) is 12.6. The Morgan fingerprint density at radius 3 is 2.33 bits per heavy atom. The molecule has 2 saturated carbocycles. The Kier molecular flexibility index (Phi) is 7.41. The van der Waals surface area contributed by atoms with Gasteiger partial charge in [-0.15, -0.1) is 0 Å². The molecule has 0 amide bonds. The Hall–Kier alpha value is -5.86. The van der Waals surface area contributed by atoms with Crippen molar-refractivity contribution >= 4 is 54.7 Å². The van der Waals surface area contributed by atoms with Crippen molar-refractivity contribution in [2.24, 2.45) is 40.4 Å². The summed E-state index contributed by atoms with van der Waals surface area (Å²) in [5.74, 6) is 2.96. The van der Waals surface area contributed by atoms with Crippen molar-refractivity contribution < 1.29 is 0 Å². The van der Waals surface area contributed by atoms with Gasteiger partial charge in [-0.25, -0.2) is 0 Å². The third-order valence-electron chi connectivity index (χ3n) is 16.0. The van der Waals surface area contributed by atoms with Crippen LogP contribution in [-0.4, -0.2) is 4.57 Å². The molecule has 12 rings (SSSR count). The van der Waals surface area contributed by atoms with Gasteiger partial charge in [-0.1, -0.05) is 166 Å². The predicted octanol–water partition coefficient (Wildman–Crippen LogP) is 14.8. The minimum absolute atomic E-state index is 0.0173. The van der Waals surface area contributed by atoms with Gasteiger partial charge in [0.15, 0.2) is 0 Å². The van der Waals surface area contributed by atoms with Crippen molar-refractivity contribution in [3.05, 3.63) is 187 Å². The van der Waals surface area contributed by atoms with E-state index in [0.29, 0.717) is 29.6 Å². The molecule has 0 radical (unpaired) electrons. The number of rotatable bonds is 5. The zero-order valence-electron chi connectivity index (χ0n) is 33.8. The van der Waals surface area contributed by atoms with Gasteiger partial charge in [-0.2, -0.15) is 0 Å². The molecule has 5 aliphatic rings. The maximum Gasteiger partial charge on any atom is 0.0561 e. The Morgan fingerprint density at radius 1 is 0.690 bits per heavy atom. The van der Waals surface area contributed by atoms with Crippen molar-refractivity contribution in [3.8, 4) is 5.69 Å². The second-order valence-corrected chi connectivity index (χ2v) is 18.3. The molecule has 1 aromatic heterocycles. The zero-order chi connectivity index (χ0) is 38.8. The maximum absolute atomic E-state index is 2.72. The monoisotopic (exact) mass is 750 g/mol. The molecule has 58 heavy (non-hydrogen) atoms. The van der Waals surface area contributed by atoms with Gasteiger partial charge in [0, 0.05) is 38.6 Å². The van der Waals surface area contributed by atoms with Crippen molar-refractivity contribution in [2.45, 2.75) is 46.5 Å². The largest absolute Gasteiger partial charge is 0.313 e. The lowest BCUT2D eigenvalue weighted by Crippen LogP contribution is -2.49. The summed E-state index contributed by atoms with van der Waals surface area (Å²) in [7, 11) is 0. The van der Waals surface area contributed by atoms with Crippen LogP contribution in [0, 0.1) is 40.4 Å². The molecule has 7 aromatic rings. The quantitative estimate of drug-likeness (QED) is 0.159. The highest BCUT2D eigenvalue weighted by molar-refractivity contribution is 6.11. The molecule has 0 N–H and O–H groups in total. The normalized spacial score (nSPS) is 28.3. The standard InChI is InChI=1S/C56H50N2/c1-4-41-26-24-40-32-39-17-8-10-20-46(39)53-49-31-29-44(35-55(49,2)56(41,3)54(40)53)57(50-23-13-18-37-15-7-9-19-45(37)50)43-28-30-48-47-21-11-12-22-51(47)58(52(48)34-43)42-27-25-36-14-5-6-16-38(36)33-42/h5-25,27-31,33-34,39,41,46,53-54H,4,26,32,35H2,1-3H3/t39?,41?,46?,53?,54?,55-,56?/m1/s1. The molecule has 2 nitrogen and oxygen atoms in total. The van der Waals surface area contributed by atoms with E-state index >= 15 is 0 Å². The molecule has 284 valence electrons. The van der Waals surface area contributed by atoms with Gasteiger partial charge < -0.3 is 9.47 Å². The average molecular weight is 751 g/mol. The molecule has 5 aliphatic carbocycles. The van der Waals surface area contributed by atoms with Gasteiger partial charge in [0.25, 0.3) is 0 Å². The molecule has 0 saturated heterocycles. The van der Waals surface area contributed by atoms with Crippen LogP contribution >= 0.6 is 0 Å². The van der Waals surface area contributed by atoms with E-state index in [1.165, 1.54) is 85.4 Å². The first-order valence-electron chi connectivity index (χ1n) is 21.7. The van der Waals surface area contributed by atoms with Gasteiger partial charge >= 0.3 is 0 Å². The first-order valence-corrected chi connectivity index (χ1v) is 21.7. The molecule has 0 aliphatic heterocycles. The summed E-state index contributed by atoms with van der Waals surface area (Å²) >= 11 is 0. The van der Waals surface area contributed by atoms with Crippen LogP contribution in [0.3, 0.4) is 0 Å². The van der Waals surface area contributed by atoms with Crippen molar-refractivity contribution in [2.75, 3.05) is 4.90 Å². The van der Waals surface area contributed by atoms with E-state index in [0.717, 1.165) is 6.42 Å². The lowest BCUT2D eigenvalue weighted by Gasteiger charge is -2.55. The lowest BCUT2D eigenvalue weighted by atomic mass is 9.49. The van der Waals surface area contributed by atoms with E-state index in [1.807, 2.05) is 0 Å². The zero-order valence-corrected chi connectivity index (χ0v) is 33.8. The van der Waals surface area contributed by atoms with Crippen LogP contribution in [0.25, 0.3) is 49.0 Å². The van der Waals surface area contributed by atoms with Gasteiger partial charge in [0.2, 0.25) is 0 Å². The predicted molar refractivity (Wildman–Crippen MR) is 245 cm³/mol. The van der Waals surface area contributed by atoms with E-state index in [2.05, 4.69) is 200 Å². The average Bonchev–Trinajstić information content (AvgIpc) is 3.70. The first kappa shape index (κ1) is 34.2. The van der Waals surface area contributed by atoms with Crippen LogP contribution in [0.15, 0.2) is 187 Å². The highest BCUT2D eigenvalue weighted by Gasteiger charge is 2.68. The van der Waals surface area contributed by atoms with Crippen LogP contribution in [0.4, 0.5) is 11.4 Å². The number of fused-ring (bicyclic) bond motifs is 10. The number of allylic oxidation sites excluding steroid dienone is 10. The van der Waals surface area contributed by atoms with E-state index in [-0.39, 0.29) is 10.8 Å². The Labute approximate surface area is 342 Å². The smallest absolute Gasteiger partial charge is 0.0561 e. The third-order valence-corrected chi connectivity index (χ3v) is 16.0. The van der Waals surface area contributed by atoms with E-state index in [9.17, 15) is 0 Å². The lowest BCUT2D eigenvalue weighted by molar-refractivity contribution is -0.00247. The van der Waals surface area contributed by atoms with E-state index < -0.39 is 0 Å². The Bertz CT molecular complexity index is 3000. The molecule has 0 spiro atoms. The van der Waals surface area contributed by atoms with E-state index in [4.69, 9.17) is 0 Å². The Balaban J connectivity index is 1.08. The van der Waals surface area contributed by atoms with Gasteiger partial charge in [-0.3, -0.25) is 0 Å². The van der Waals surface area contributed by atoms with Gasteiger partial charge in [0.05, 0.1) is 16.7 Å². The minimum atomic E-state index is 0.0173. The Morgan fingerprint density at radius 2 is 1.45 bits per heavy atom. The van der Waals surface area contributed by atoms with Crippen LogP contribution in [0.1, 0.15) is 46.5 Å². The molecule has 2 fully saturated rings. The molecule has 2 heteroatoms. The first-order chi connectivity index (χ1) is 28.5. The molecule has 0 bridgehead atoms. The second-order valence-electron chi connectivity index (χ2n) is 18.3. The number of nitrogens with zero attached hydrogens (tertiary/aromatic N) is 2. The summed E-state index contributed by atoms with van der Waals surface area (Å²) in [6.45, 7) is 7.85. The fourth-order valence-electron chi connectivity index (χ4n) is 13.2. The molecular weight excluding hydrogens is 701 g/mol.